The van der Waals surface area contributed by atoms with Crippen molar-refractivity contribution < 1.29 is 23.9 Å². The van der Waals surface area contributed by atoms with E-state index >= 15 is 0 Å². The molecule has 8 heteroatoms. The number of carbonyl (C=O) groups is 3. The van der Waals surface area contributed by atoms with Crippen molar-refractivity contribution in [2.45, 2.75) is 39.1 Å². The van der Waals surface area contributed by atoms with E-state index in [1.807, 2.05) is 91.0 Å². The van der Waals surface area contributed by atoms with Gasteiger partial charge in [-0.15, -0.1) is 0 Å². The lowest BCUT2D eigenvalue weighted by Gasteiger charge is -2.34. The van der Waals surface area contributed by atoms with Crippen LogP contribution >= 0.6 is 0 Å². The Morgan fingerprint density at radius 1 is 0.771 bits per heavy atom. The van der Waals surface area contributed by atoms with Gasteiger partial charge in [-0.1, -0.05) is 91.0 Å². The number of rotatable bonds is 8. The second kappa shape index (κ2) is 12.8. The highest BCUT2D eigenvalue weighted by Gasteiger charge is 2.32. The predicted octanol–water partition coefficient (Wildman–Crippen LogP) is 4.73. The molecule has 0 aliphatic rings. The van der Waals surface area contributed by atoms with Gasteiger partial charge >= 0.3 is 12.2 Å². The monoisotopic (exact) mass is 475 g/mol. The van der Waals surface area contributed by atoms with Crippen LogP contribution in [0.4, 0.5) is 9.59 Å². The van der Waals surface area contributed by atoms with Crippen LogP contribution in [0, 0.1) is 0 Å². The Labute approximate surface area is 204 Å². The number of nitrogens with zero attached hydrogens (tertiary/aromatic N) is 1. The molecule has 3 aromatic rings. The lowest BCUT2D eigenvalue weighted by Crippen LogP contribution is -2.55. The highest BCUT2D eigenvalue weighted by molar-refractivity contribution is 5.75. The lowest BCUT2D eigenvalue weighted by atomic mass is 10.00. The normalized spacial score (nSPS) is 12.1. The van der Waals surface area contributed by atoms with Gasteiger partial charge in [0.15, 0.2) is 0 Å². The summed E-state index contributed by atoms with van der Waals surface area (Å²) in [6.45, 7) is 3.14. The van der Waals surface area contributed by atoms with Crippen molar-refractivity contribution in [3.05, 3.63) is 108 Å². The molecule has 0 saturated heterocycles. The van der Waals surface area contributed by atoms with Gasteiger partial charge in [-0.3, -0.25) is 4.79 Å². The fourth-order valence-corrected chi connectivity index (χ4v) is 3.47. The molecular weight excluding hydrogens is 446 g/mol. The Kier molecular flexibility index (Phi) is 9.24. The van der Waals surface area contributed by atoms with Crippen LogP contribution in [0.3, 0.4) is 0 Å². The van der Waals surface area contributed by atoms with Crippen LogP contribution in [-0.4, -0.2) is 29.1 Å². The average molecular weight is 476 g/mol. The number of nitrogens with one attached hydrogen (secondary N) is 2. The van der Waals surface area contributed by atoms with Crippen molar-refractivity contribution in [3.8, 4) is 0 Å². The van der Waals surface area contributed by atoms with Gasteiger partial charge < -0.3 is 14.8 Å². The molecular formula is C27H29N3O5. The molecule has 0 aromatic heterocycles. The number of hydrogen-bond donors (Lipinski definition) is 2. The number of hydrazine groups is 1. The topological polar surface area (TPSA) is 97.0 Å². The maximum absolute atomic E-state index is 13.1. The van der Waals surface area contributed by atoms with Gasteiger partial charge in [0.05, 0.1) is 12.1 Å². The summed E-state index contributed by atoms with van der Waals surface area (Å²) in [6, 6.07) is 26.2. The van der Waals surface area contributed by atoms with Gasteiger partial charge in [-0.25, -0.2) is 20.0 Å². The first-order valence-electron chi connectivity index (χ1n) is 11.2. The zero-order valence-corrected chi connectivity index (χ0v) is 19.7. The second-order valence-corrected chi connectivity index (χ2v) is 7.91. The molecule has 0 saturated carbocycles. The van der Waals surface area contributed by atoms with E-state index in [0.717, 1.165) is 21.7 Å². The fourth-order valence-electron chi connectivity index (χ4n) is 3.47. The largest absolute Gasteiger partial charge is 0.443 e. The number of carbonyl (C=O) groups excluding carboxylic acids is 3. The molecule has 0 spiro atoms. The molecule has 3 rings (SSSR count). The summed E-state index contributed by atoms with van der Waals surface area (Å²) in [6.07, 6.45) is -1.61. The van der Waals surface area contributed by atoms with E-state index in [9.17, 15) is 14.4 Å². The molecule has 3 aromatic carbocycles. The highest BCUT2D eigenvalue weighted by atomic mass is 16.6. The quantitative estimate of drug-likeness (QED) is 0.459. The molecule has 0 fully saturated rings. The summed E-state index contributed by atoms with van der Waals surface area (Å²) in [7, 11) is 0. The maximum Gasteiger partial charge on any atom is 0.429 e. The number of hydrogen-bond acceptors (Lipinski definition) is 5. The zero-order valence-electron chi connectivity index (χ0n) is 19.7. The molecule has 35 heavy (non-hydrogen) atoms. The molecule has 0 bridgehead atoms. The minimum Gasteiger partial charge on any atom is -0.443 e. The second-order valence-electron chi connectivity index (χ2n) is 7.91. The Balaban J connectivity index is 1.78. The molecule has 3 amide bonds. The smallest absolute Gasteiger partial charge is 0.429 e. The molecule has 0 aliphatic heterocycles. The van der Waals surface area contributed by atoms with E-state index in [1.54, 1.807) is 6.92 Å². The van der Waals surface area contributed by atoms with E-state index in [2.05, 4.69) is 10.7 Å². The van der Waals surface area contributed by atoms with Gasteiger partial charge in [-0.2, -0.15) is 0 Å². The minimum absolute atomic E-state index is 0.0137. The Bertz CT molecular complexity index is 1090. The lowest BCUT2D eigenvalue weighted by molar-refractivity contribution is -0.120. The van der Waals surface area contributed by atoms with Gasteiger partial charge in [0.25, 0.3) is 0 Å². The van der Waals surface area contributed by atoms with Gasteiger partial charge in [0, 0.05) is 6.92 Å². The van der Waals surface area contributed by atoms with Crippen molar-refractivity contribution in [3.63, 3.8) is 0 Å². The van der Waals surface area contributed by atoms with Crippen LogP contribution in [0.15, 0.2) is 91.0 Å². The third-order valence-corrected chi connectivity index (χ3v) is 5.23. The van der Waals surface area contributed by atoms with Crippen LogP contribution < -0.4 is 10.7 Å². The summed E-state index contributed by atoms with van der Waals surface area (Å²) < 4.78 is 10.8. The van der Waals surface area contributed by atoms with E-state index in [1.165, 1.54) is 6.92 Å². The van der Waals surface area contributed by atoms with Crippen molar-refractivity contribution in [2.24, 2.45) is 0 Å². The van der Waals surface area contributed by atoms with E-state index in [0.29, 0.717) is 0 Å². The van der Waals surface area contributed by atoms with Crippen molar-refractivity contribution in [1.82, 2.24) is 15.8 Å². The first kappa shape index (κ1) is 25.3. The van der Waals surface area contributed by atoms with E-state index in [4.69, 9.17) is 9.47 Å². The summed E-state index contributed by atoms with van der Waals surface area (Å²) in [5.74, 6) is -0.282. The third-order valence-electron chi connectivity index (χ3n) is 5.23. The third kappa shape index (κ3) is 7.89. The Morgan fingerprint density at radius 3 is 1.77 bits per heavy atom. The van der Waals surface area contributed by atoms with Crippen LogP contribution in [0.5, 0.6) is 0 Å². The Morgan fingerprint density at radius 2 is 1.26 bits per heavy atom. The summed E-state index contributed by atoms with van der Waals surface area (Å²) in [5.41, 5.74) is 4.85. The SMILES string of the molecule is CC(=O)NC(c1ccccc1)C(C)N(NC(=O)OCc1ccccc1)C(=O)OCc1ccccc1. The fraction of sp³-hybridized carbons (Fsp3) is 0.222. The predicted molar refractivity (Wildman–Crippen MR) is 131 cm³/mol. The number of amides is 3. The average Bonchev–Trinajstić information content (AvgIpc) is 2.89. The van der Waals surface area contributed by atoms with E-state index < -0.39 is 24.3 Å². The molecule has 0 radical (unpaired) electrons. The van der Waals surface area contributed by atoms with Crippen molar-refractivity contribution in [1.29, 1.82) is 0 Å². The minimum atomic E-state index is -0.827. The summed E-state index contributed by atoms with van der Waals surface area (Å²) in [4.78, 5) is 37.7. The zero-order chi connectivity index (χ0) is 25.0. The molecule has 2 N–H and O–H groups in total. The van der Waals surface area contributed by atoms with Crippen molar-refractivity contribution >= 4 is 18.1 Å². The molecule has 8 nitrogen and oxygen atoms in total. The summed E-state index contributed by atoms with van der Waals surface area (Å²) >= 11 is 0. The van der Waals surface area contributed by atoms with Crippen molar-refractivity contribution in [2.75, 3.05) is 0 Å². The van der Waals surface area contributed by atoms with Gasteiger partial charge in [0.1, 0.15) is 13.2 Å². The molecule has 182 valence electrons. The molecule has 2 unspecified atom stereocenters. The first-order valence-corrected chi connectivity index (χ1v) is 11.2. The van der Waals surface area contributed by atoms with Crippen LogP contribution in [-0.2, 0) is 27.5 Å². The molecule has 0 heterocycles. The number of benzene rings is 3. The first-order chi connectivity index (χ1) is 16.9. The van der Waals surface area contributed by atoms with Crippen LogP contribution in [0.1, 0.15) is 36.6 Å². The standard InChI is InChI=1S/C27H29N3O5/c1-20(25(28-21(2)31)24-16-10-5-11-17-24)30(27(33)35-19-23-14-8-4-9-15-23)29-26(32)34-18-22-12-6-3-7-13-22/h3-17,20,25H,18-19H2,1-2H3,(H,28,31)(H,29,32). The highest BCUT2D eigenvalue weighted by Crippen LogP contribution is 2.21. The van der Waals surface area contributed by atoms with Gasteiger partial charge in [0.2, 0.25) is 5.91 Å². The van der Waals surface area contributed by atoms with E-state index in [-0.39, 0.29) is 19.1 Å². The van der Waals surface area contributed by atoms with Crippen LogP contribution in [0.25, 0.3) is 0 Å². The van der Waals surface area contributed by atoms with Gasteiger partial charge in [-0.05, 0) is 23.6 Å². The maximum atomic E-state index is 13.1. The Hall–Kier alpha value is -4.33. The van der Waals surface area contributed by atoms with Crippen LogP contribution in [0.2, 0.25) is 0 Å². The summed E-state index contributed by atoms with van der Waals surface area (Å²) in [5, 5.41) is 3.90. The number of ether oxygens (including phenoxy) is 2. The molecule has 2 atom stereocenters. The molecule has 0 aliphatic carbocycles.